The lowest BCUT2D eigenvalue weighted by molar-refractivity contribution is -0.198. The standard InChI is InChI=1S/C20H26O4/c1-4-21-16-20(3,23-5-2)24-19-13-11-18(12-14-19)22-15-17-9-7-6-8-10-17/h6-14H,4-5,15-16H2,1-3H3. The fourth-order valence-corrected chi connectivity index (χ4v) is 2.29. The largest absolute Gasteiger partial charge is 0.489 e. The minimum Gasteiger partial charge on any atom is -0.489 e. The van der Waals surface area contributed by atoms with Gasteiger partial charge in [-0.2, -0.15) is 0 Å². The average Bonchev–Trinajstić information content (AvgIpc) is 2.60. The number of ether oxygens (including phenoxy) is 4. The Kier molecular flexibility index (Phi) is 7.09. The molecule has 0 amide bonds. The molecule has 4 nitrogen and oxygen atoms in total. The number of rotatable bonds is 10. The normalized spacial score (nSPS) is 13.3. The second kappa shape index (κ2) is 9.30. The molecule has 130 valence electrons. The molecule has 0 fully saturated rings. The Bertz CT molecular complexity index is 582. The van der Waals surface area contributed by atoms with Crippen molar-refractivity contribution in [3.05, 3.63) is 60.2 Å². The summed E-state index contributed by atoms with van der Waals surface area (Å²) in [6.07, 6.45) is 0. The molecule has 0 aliphatic rings. The van der Waals surface area contributed by atoms with Crippen LogP contribution in [0.5, 0.6) is 11.5 Å². The minimum absolute atomic E-state index is 0.379. The van der Waals surface area contributed by atoms with E-state index < -0.39 is 5.79 Å². The quantitative estimate of drug-likeness (QED) is 0.604. The van der Waals surface area contributed by atoms with Crippen molar-refractivity contribution < 1.29 is 18.9 Å². The second-order valence-electron chi connectivity index (χ2n) is 5.55. The molecule has 1 unspecified atom stereocenters. The summed E-state index contributed by atoms with van der Waals surface area (Å²) in [5.41, 5.74) is 1.14. The molecule has 2 aromatic rings. The molecule has 24 heavy (non-hydrogen) atoms. The first-order chi connectivity index (χ1) is 11.6. The van der Waals surface area contributed by atoms with Gasteiger partial charge >= 0.3 is 0 Å². The molecule has 0 radical (unpaired) electrons. The smallest absolute Gasteiger partial charge is 0.231 e. The number of hydrogen-bond acceptors (Lipinski definition) is 4. The highest BCUT2D eigenvalue weighted by atomic mass is 16.7. The van der Waals surface area contributed by atoms with Crippen LogP contribution in [0.15, 0.2) is 54.6 Å². The fraction of sp³-hybridized carbons (Fsp3) is 0.400. The zero-order valence-electron chi connectivity index (χ0n) is 14.7. The monoisotopic (exact) mass is 330 g/mol. The van der Waals surface area contributed by atoms with E-state index in [1.165, 1.54) is 0 Å². The molecule has 0 aliphatic heterocycles. The summed E-state index contributed by atoms with van der Waals surface area (Å²) >= 11 is 0. The topological polar surface area (TPSA) is 36.9 Å². The summed E-state index contributed by atoms with van der Waals surface area (Å²) in [4.78, 5) is 0. The molecule has 2 rings (SSSR count). The van der Waals surface area contributed by atoms with E-state index in [0.717, 1.165) is 17.1 Å². The summed E-state index contributed by atoms with van der Waals surface area (Å²) in [7, 11) is 0. The Balaban J connectivity index is 1.92. The van der Waals surface area contributed by atoms with Crippen LogP contribution in [0.3, 0.4) is 0 Å². The van der Waals surface area contributed by atoms with Gasteiger partial charge in [-0.3, -0.25) is 0 Å². The van der Waals surface area contributed by atoms with Crippen LogP contribution < -0.4 is 9.47 Å². The zero-order valence-corrected chi connectivity index (χ0v) is 14.7. The Morgan fingerprint density at radius 1 is 0.833 bits per heavy atom. The summed E-state index contributed by atoms with van der Waals surface area (Å²) < 4.78 is 22.9. The van der Waals surface area contributed by atoms with Gasteiger partial charge < -0.3 is 18.9 Å². The van der Waals surface area contributed by atoms with E-state index in [9.17, 15) is 0 Å². The first-order valence-electron chi connectivity index (χ1n) is 8.32. The molecule has 0 N–H and O–H groups in total. The van der Waals surface area contributed by atoms with Gasteiger partial charge in [0.05, 0.1) is 0 Å². The van der Waals surface area contributed by atoms with Crippen LogP contribution in [0.25, 0.3) is 0 Å². The highest BCUT2D eigenvalue weighted by molar-refractivity contribution is 5.31. The van der Waals surface area contributed by atoms with Gasteiger partial charge in [0.2, 0.25) is 5.79 Å². The van der Waals surface area contributed by atoms with Gasteiger partial charge in [-0.15, -0.1) is 0 Å². The van der Waals surface area contributed by atoms with Crippen LogP contribution in [0.1, 0.15) is 26.3 Å². The average molecular weight is 330 g/mol. The van der Waals surface area contributed by atoms with E-state index in [0.29, 0.717) is 26.4 Å². The lowest BCUT2D eigenvalue weighted by atomic mass is 10.2. The minimum atomic E-state index is -0.794. The molecule has 0 aromatic heterocycles. The molecule has 2 aromatic carbocycles. The molecular weight excluding hydrogens is 304 g/mol. The fourth-order valence-electron chi connectivity index (χ4n) is 2.29. The Morgan fingerprint density at radius 2 is 1.50 bits per heavy atom. The molecule has 1 atom stereocenters. The van der Waals surface area contributed by atoms with E-state index in [-0.39, 0.29) is 0 Å². The Labute approximate surface area is 144 Å². The van der Waals surface area contributed by atoms with Crippen LogP contribution in [0, 0.1) is 0 Å². The summed E-state index contributed by atoms with van der Waals surface area (Å²) in [5.74, 6) is 0.726. The van der Waals surface area contributed by atoms with Crippen molar-refractivity contribution >= 4 is 0 Å². The first-order valence-corrected chi connectivity index (χ1v) is 8.32. The maximum Gasteiger partial charge on any atom is 0.231 e. The van der Waals surface area contributed by atoms with Crippen LogP contribution >= 0.6 is 0 Å². The lowest BCUT2D eigenvalue weighted by Gasteiger charge is -2.30. The molecule has 0 heterocycles. The van der Waals surface area contributed by atoms with E-state index >= 15 is 0 Å². The molecule has 0 bridgehead atoms. The SMILES string of the molecule is CCOCC(C)(OCC)Oc1ccc(OCc2ccccc2)cc1. The van der Waals surface area contributed by atoms with Crippen molar-refractivity contribution in [1.29, 1.82) is 0 Å². The van der Waals surface area contributed by atoms with Crippen molar-refractivity contribution in [2.24, 2.45) is 0 Å². The van der Waals surface area contributed by atoms with Gasteiger partial charge in [-0.25, -0.2) is 0 Å². The second-order valence-corrected chi connectivity index (χ2v) is 5.55. The molecule has 0 saturated heterocycles. The molecule has 0 spiro atoms. The third-order valence-electron chi connectivity index (χ3n) is 3.42. The highest BCUT2D eigenvalue weighted by Gasteiger charge is 2.27. The predicted octanol–water partition coefficient (Wildman–Crippen LogP) is 4.43. The van der Waals surface area contributed by atoms with Crippen LogP contribution in [-0.4, -0.2) is 25.6 Å². The van der Waals surface area contributed by atoms with E-state index in [1.54, 1.807) is 0 Å². The third-order valence-corrected chi connectivity index (χ3v) is 3.42. The number of benzene rings is 2. The van der Waals surface area contributed by atoms with Crippen molar-refractivity contribution in [2.45, 2.75) is 33.2 Å². The van der Waals surface area contributed by atoms with Gasteiger partial charge in [-0.1, -0.05) is 30.3 Å². The van der Waals surface area contributed by atoms with Crippen molar-refractivity contribution in [2.75, 3.05) is 19.8 Å². The summed E-state index contributed by atoms with van der Waals surface area (Å²) in [5, 5.41) is 0. The van der Waals surface area contributed by atoms with Gasteiger partial charge in [0.1, 0.15) is 24.7 Å². The van der Waals surface area contributed by atoms with E-state index in [2.05, 4.69) is 0 Å². The Hall–Kier alpha value is -2.04. The van der Waals surface area contributed by atoms with Crippen LogP contribution in [0.4, 0.5) is 0 Å². The Morgan fingerprint density at radius 3 is 2.12 bits per heavy atom. The molecule has 4 heteroatoms. The number of hydrogen-bond donors (Lipinski definition) is 0. The van der Waals surface area contributed by atoms with Crippen molar-refractivity contribution in [3.63, 3.8) is 0 Å². The van der Waals surface area contributed by atoms with Gasteiger partial charge in [0.15, 0.2) is 0 Å². The maximum atomic E-state index is 5.96. The first kappa shape index (κ1) is 18.3. The summed E-state index contributed by atoms with van der Waals surface area (Å²) in [6.45, 7) is 7.87. The van der Waals surface area contributed by atoms with Gasteiger partial charge in [0, 0.05) is 20.1 Å². The van der Waals surface area contributed by atoms with E-state index in [4.69, 9.17) is 18.9 Å². The van der Waals surface area contributed by atoms with Gasteiger partial charge in [0.25, 0.3) is 0 Å². The molecular formula is C20H26O4. The van der Waals surface area contributed by atoms with E-state index in [1.807, 2.05) is 75.4 Å². The molecule has 0 saturated carbocycles. The zero-order chi connectivity index (χ0) is 17.3. The van der Waals surface area contributed by atoms with Crippen molar-refractivity contribution in [3.8, 4) is 11.5 Å². The lowest BCUT2D eigenvalue weighted by Crippen LogP contribution is -2.40. The van der Waals surface area contributed by atoms with Crippen LogP contribution in [0.2, 0.25) is 0 Å². The molecule has 0 aliphatic carbocycles. The maximum absolute atomic E-state index is 5.96. The third kappa shape index (κ3) is 5.87. The highest BCUT2D eigenvalue weighted by Crippen LogP contribution is 2.23. The van der Waals surface area contributed by atoms with Gasteiger partial charge in [-0.05, 0) is 43.7 Å². The summed E-state index contributed by atoms with van der Waals surface area (Å²) in [6, 6.07) is 17.6. The van der Waals surface area contributed by atoms with Crippen molar-refractivity contribution in [1.82, 2.24) is 0 Å². The van der Waals surface area contributed by atoms with Crippen LogP contribution in [-0.2, 0) is 16.1 Å². The predicted molar refractivity (Wildman–Crippen MR) is 94.4 cm³/mol.